The minimum atomic E-state index is -4.07. The summed E-state index contributed by atoms with van der Waals surface area (Å²) in [5, 5.41) is 3.11. The van der Waals surface area contributed by atoms with Gasteiger partial charge < -0.3 is 14.4 Å². The van der Waals surface area contributed by atoms with Crippen LogP contribution in [0.25, 0.3) is 0 Å². The maximum absolute atomic E-state index is 12.7. The second-order valence-corrected chi connectivity index (χ2v) is 10.5. The molecule has 1 N–H and O–H groups in total. The number of hydrogen-bond acceptors (Lipinski definition) is 4. The number of nitrogens with zero attached hydrogens (tertiary/aromatic N) is 1. The molecule has 0 spiro atoms. The van der Waals surface area contributed by atoms with Gasteiger partial charge >= 0.3 is 16.1 Å². The Hall–Kier alpha value is -2.25. The van der Waals surface area contributed by atoms with E-state index in [9.17, 15) is 13.2 Å². The summed E-state index contributed by atoms with van der Waals surface area (Å²) in [6, 6.07) is 11.4. The number of aryl methyl sites for hydroxylation is 1. The normalized spacial score (nSPS) is 12.9. The highest BCUT2D eigenvalue weighted by Crippen LogP contribution is 2.28. The summed E-state index contributed by atoms with van der Waals surface area (Å²) in [7, 11) is -4.07. The van der Waals surface area contributed by atoms with Crippen LogP contribution in [0.1, 0.15) is 52.2 Å². The molecular formula is C23H31ClN2O4S. The van der Waals surface area contributed by atoms with Crippen LogP contribution in [0, 0.1) is 6.92 Å². The molecule has 0 bridgehead atoms. The predicted octanol–water partition coefficient (Wildman–Crippen LogP) is 5.52. The Labute approximate surface area is 190 Å². The Balaban J connectivity index is 2.19. The van der Waals surface area contributed by atoms with E-state index in [0.717, 1.165) is 12.0 Å². The molecule has 0 aromatic heterocycles. The molecule has 2 aromatic carbocycles. The lowest BCUT2D eigenvalue weighted by atomic mass is 10.1. The van der Waals surface area contributed by atoms with Crippen LogP contribution in [-0.4, -0.2) is 30.9 Å². The lowest BCUT2D eigenvalue weighted by molar-refractivity contribution is 0.165. The van der Waals surface area contributed by atoms with Crippen LogP contribution in [0.15, 0.2) is 47.4 Å². The highest BCUT2D eigenvalue weighted by atomic mass is 35.5. The molecular weight excluding hydrogens is 436 g/mol. The second-order valence-electron chi connectivity index (χ2n) is 8.63. The Morgan fingerprint density at radius 3 is 2.29 bits per heavy atom. The Bertz CT molecular complexity index is 995. The third kappa shape index (κ3) is 6.87. The molecule has 2 aromatic rings. The summed E-state index contributed by atoms with van der Waals surface area (Å²) in [6.45, 7) is 11.9. The highest BCUT2D eigenvalue weighted by molar-refractivity contribution is 7.87. The lowest BCUT2D eigenvalue weighted by Crippen LogP contribution is -2.50. The van der Waals surface area contributed by atoms with Crippen molar-refractivity contribution in [2.75, 3.05) is 0 Å². The smallest absolute Gasteiger partial charge is 0.340 e. The fraction of sp³-hybridized carbons (Fsp3) is 0.435. The van der Waals surface area contributed by atoms with E-state index in [1.807, 2.05) is 34.6 Å². The van der Waals surface area contributed by atoms with Crippen molar-refractivity contribution < 1.29 is 17.4 Å². The van der Waals surface area contributed by atoms with E-state index in [2.05, 4.69) is 5.32 Å². The van der Waals surface area contributed by atoms with Gasteiger partial charge in [-0.2, -0.15) is 8.42 Å². The minimum absolute atomic E-state index is 0.0393. The topological polar surface area (TPSA) is 75.7 Å². The number of hydrogen-bond donors (Lipinski definition) is 1. The van der Waals surface area contributed by atoms with E-state index in [4.69, 9.17) is 15.8 Å². The summed E-state index contributed by atoms with van der Waals surface area (Å²) in [6.07, 6.45) is 0.814. The Morgan fingerprint density at radius 2 is 1.77 bits per heavy atom. The first-order valence-corrected chi connectivity index (χ1v) is 12.0. The molecule has 0 heterocycles. The van der Waals surface area contributed by atoms with Crippen molar-refractivity contribution in [2.24, 2.45) is 0 Å². The Morgan fingerprint density at radius 1 is 1.16 bits per heavy atom. The van der Waals surface area contributed by atoms with Crippen LogP contribution in [-0.2, 0) is 16.7 Å². The van der Waals surface area contributed by atoms with Gasteiger partial charge in [-0.1, -0.05) is 42.8 Å². The average molecular weight is 467 g/mol. The van der Waals surface area contributed by atoms with Gasteiger partial charge in [-0.15, -0.1) is 0 Å². The van der Waals surface area contributed by atoms with Gasteiger partial charge in [0.2, 0.25) is 0 Å². The summed E-state index contributed by atoms with van der Waals surface area (Å²) >= 11 is 6.08. The zero-order valence-corrected chi connectivity index (χ0v) is 20.5. The molecule has 2 amide bonds. The molecule has 0 saturated carbocycles. The molecule has 1 atom stereocenters. The van der Waals surface area contributed by atoms with Gasteiger partial charge in [0.15, 0.2) is 0 Å². The van der Waals surface area contributed by atoms with E-state index in [0.29, 0.717) is 12.1 Å². The minimum Gasteiger partial charge on any atom is -0.379 e. The SMILES string of the molecule is CCC(C)N(Cc1ccc(OS(=O)(=O)c2c(C)cccc2Cl)cc1)C(=O)NC(C)(C)C. The van der Waals surface area contributed by atoms with Gasteiger partial charge in [0, 0.05) is 18.1 Å². The molecule has 0 aliphatic heterocycles. The molecule has 6 nitrogen and oxygen atoms in total. The molecule has 0 aliphatic carbocycles. The van der Waals surface area contributed by atoms with Crippen LogP contribution < -0.4 is 9.50 Å². The van der Waals surface area contributed by atoms with E-state index in [1.54, 1.807) is 48.2 Å². The summed E-state index contributed by atoms with van der Waals surface area (Å²) in [5.74, 6) is 0.178. The zero-order valence-electron chi connectivity index (χ0n) is 18.9. The molecule has 2 rings (SSSR count). The molecule has 170 valence electrons. The van der Waals surface area contributed by atoms with Crippen LogP contribution in [0.3, 0.4) is 0 Å². The van der Waals surface area contributed by atoms with Crippen LogP contribution in [0.2, 0.25) is 5.02 Å². The maximum atomic E-state index is 12.7. The van der Waals surface area contributed by atoms with Gasteiger partial charge in [-0.3, -0.25) is 0 Å². The van der Waals surface area contributed by atoms with Crippen molar-refractivity contribution in [3.63, 3.8) is 0 Å². The number of amides is 2. The Kier molecular flexibility index (Phi) is 8.00. The maximum Gasteiger partial charge on any atom is 0.340 e. The standard InChI is InChI=1S/C23H31ClN2O4S/c1-7-17(3)26(22(27)25-23(4,5)6)15-18-11-13-19(14-12-18)30-31(28,29)21-16(2)9-8-10-20(21)24/h8-14,17H,7,15H2,1-6H3,(H,25,27). The van der Waals surface area contributed by atoms with Crippen molar-refractivity contribution in [3.8, 4) is 5.75 Å². The third-order valence-electron chi connectivity index (χ3n) is 4.76. The number of benzene rings is 2. The van der Waals surface area contributed by atoms with Crippen LogP contribution in [0.4, 0.5) is 4.79 Å². The van der Waals surface area contributed by atoms with E-state index in [-0.39, 0.29) is 33.3 Å². The fourth-order valence-corrected chi connectivity index (χ4v) is 4.71. The fourth-order valence-electron chi connectivity index (χ4n) is 2.99. The number of carbonyl (C=O) groups excluding carboxylic acids is 1. The number of rotatable bonds is 7. The monoisotopic (exact) mass is 466 g/mol. The van der Waals surface area contributed by atoms with E-state index >= 15 is 0 Å². The summed E-state index contributed by atoms with van der Waals surface area (Å²) < 4.78 is 30.7. The summed E-state index contributed by atoms with van der Waals surface area (Å²) in [5.41, 5.74) is 1.03. The van der Waals surface area contributed by atoms with Crippen molar-refractivity contribution in [1.82, 2.24) is 10.2 Å². The number of urea groups is 1. The van der Waals surface area contributed by atoms with Gasteiger partial charge in [0.1, 0.15) is 10.6 Å². The summed E-state index contributed by atoms with van der Waals surface area (Å²) in [4.78, 5) is 14.5. The average Bonchev–Trinajstić information content (AvgIpc) is 2.64. The number of nitrogens with one attached hydrogen (secondary N) is 1. The zero-order chi connectivity index (χ0) is 23.4. The third-order valence-corrected chi connectivity index (χ3v) is 6.64. The van der Waals surface area contributed by atoms with Crippen molar-refractivity contribution in [1.29, 1.82) is 0 Å². The van der Waals surface area contributed by atoms with E-state index in [1.165, 1.54) is 6.07 Å². The van der Waals surface area contributed by atoms with Crippen molar-refractivity contribution in [3.05, 3.63) is 58.6 Å². The van der Waals surface area contributed by atoms with Crippen molar-refractivity contribution >= 4 is 27.8 Å². The molecule has 0 radical (unpaired) electrons. The molecule has 0 saturated heterocycles. The number of halogens is 1. The first-order valence-electron chi connectivity index (χ1n) is 10.2. The first-order chi connectivity index (χ1) is 14.3. The van der Waals surface area contributed by atoms with Gasteiger partial charge in [0.25, 0.3) is 0 Å². The molecule has 31 heavy (non-hydrogen) atoms. The molecule has 0 fully saturated rings. The van der Waals surface area contributed by atoms with Gasteiger partial charge in [-0.25, -0.2) is 4.79 Å². The molecule has 1 unspecified atom stereocenters. The quantitative estimate of drug-likeness (QED) is 0.544. The lowest BCUT2D eigenvalue weighted by Gasteiger charge is -2.32. The van der Waals surface area contributed by atoms with E-state index < -0.39 is 10.1 Å². The second kappa shape index (κ2) is 9.92. The largest absolute Gasteiger partial charge is 0.379 e. The highest BCUT2D eigenvalue weighted by Gasteiger charge is 2.24. The molecule has 8 heteroatoms. The first kappa shape index (κ1) is 25.0. The van der Waals surface area contributed by atoms with Crippen LogP contribution in [0.5, 0.6) is 5.75 Å². The van der Waals surface area contributed by atoms with Gasteiger partial charge in [0.05, 0.1) is 5.02 Å². The number of carbonyl (C=O) groups is 1. The van der Waals surface area contributed by atoms with Gasteiger partial charge in [-0.05, 0) is 70.4 Å². The predicted molar refractivity (Wildman–Crippen MR) is 124 cm³/mol. The van der Waals surface area contributed by atoms with Crippen LogP contribution >= 0.6 is 11.6 Å². The molecule has 0 aliphatic rings. The van der Waals surface area contributed by atoms with Crippen molar-refractivity contribution in [2.45, 2.75) is 71.0 Å².